The van der Waals surface area contributed by atoms with Gasteiger partial charge in [0.25, 0.3) is 0 Å². The van der Waals surface area contributed by atoms with Crippen LogP contribution in [0.3, 0.4) is 0 Å². The molecular formula is C30H38N5O8P. The van der Waals surface area contributed by atoms with E-state index in [4.69, 9.17) is 24.3 Å². The summed E-state index contributed by atoms with van der Waals surface area (Å²) >= 11 is 0. The summed E-state index contributed by atoms with van der Waals surface area (Å²) in [6.07, 6.45) is -0.448. The van der Waals surface area contributed by atoms with Crippen LogP contribution in [0.2, 0.25) is 0 Å². The normalized spacial score (nSPS) is 24.6. The van der Waals surface area contributed by atoms with Crippen molar-refractivity contribution in [1.29, 1.82) is 0 Å². The van der Waals surface area contributed by atoms with E-state index in [0.29, 0.717) is 22.8 Å². The van der Waals surface area contributed by atoms with Crippen LogP contribution in [0.5, 0.6) is 5.75 Å². The number of aliphatic hydroxyl groups is 2. The Hall–Kier alpha value is -3.58. The number of carbonyl (C=O) groups excluding carboxylic acids is 1. The van der Waals surface area contributed by atoms with Crippen molar-refractivity contribution in [1.82, 2.24) is 19.6 Å². The highest BCUT2D eigenvalue weighted by Gasteiger charge is 2.56. The lowest BCUT2D eigenvalue weighted by molar-refractivity contribution is -0.145. The number of hydrogen-bond donors (Lipinski definition) is 4. The van der Waals surface area contributed by atoms with E-state index in [1.165, 1.54) is 27.1 Å². The molecule has 1 aliphatic heterocycles. The Morgan fingerprint density at radius 3 is 2.70 bits per heavy atom. The highest BCUT2D eigenvalue weighted by Crippen LogP contribution is 2.50. The lowest BCUT2D eigenvalue weighted by atomic mass is 9.94. The van der Waals surface area contributed by atoms with Gasteiger partial charge in [-0.2, -0.15) is 5.09 Å². The minimum atomic E-state index is -4.36. The molecule has 1 aliphatic rings. The number of esters is 1. The Labute approximate surface area is 254 Å². The second-order valence-electron chi connectivity index (χ2n) is 11.1. The fraction of sp³-hybridized carbons (Fsp3) is 0.433. The van der Waals surface area contributed by atoms with Gasteiger partial charge in [-0.3, -0.25) is 9.32 Å². The predicted octanol–water partition coefficient (Wildman–Crippen LogP) is 4.09. The molecule has 1 saturated heterocycles. The first kappa shape index (κ1) is 31.8. The molecular weight excluding hydrogens is 589 g/mol. The molecule has 0 amide bonds. The van der Waals surface area contributed by atoms with Crippen LogP contribution in [-0.2, 0) is 23.4 Å². The van der Waals surface area contributed by atoms with Gasteiger partial charge in [0.2, 0.25) is 0 Å². The maximum absolute atomic E-state index is 14.4. The number of unbranched alkanes of at least 4 members (excludes halogenated alkanes) is 1. The molecule has 2 aromatic heterocycles. The number of anilines is 1. The van der Waals surface area contributed by atoms with Crippen molar-refractivity contribution in [2.45, 2.75) is 76.7 Å². The number of aromatic nitrogens is 3. The van der Waals surface area contributed by atoms with Crippen molar-refractivity contribution in [2.24, 2.45) is 0 Å². The van der Waals surface area contributed by atoms with Crippen LogP contribution < -0.4 is 15.3 Å². The molecule has 2 aromatic carbocycles. The SMILES string of the molecule is CCCCOC(=O)C(C)NP(=O)(Oc1cccc2ccccc12)OC(C)C1OC(n2ccc3c(N)ncnc32)C(C)(O)C1O. The molecule has 0 spiro atoms. The van der Waals surface area contributed by atoms with Crippen LogP contribution in [0.15, 0.2) is 61.1 Å². The van der Waals surface area contributed by atoms with E-state index in [1.807, 2.05) is 37.3 Å². The minimum absolute atomic E-state index is 0.219. The average Bonchev–Trinajstić information content (AvgIpc) is 3.51. The van der Waals surface area contributed by atoms with Gasteiger partial charge in [-0.15, -0.1) is 0 Å². The Morgan fingerprint density at radius 1 is 1.18 bits per heavy atom. The number of aliphatic hydroxyl groups excluding tert-OH is 1. The van der Waals surface area contributed by atoms with E-state index in [1.54, 1.807) is 29.0 Å². The van der Waals surface area contributed by atoms with Gasteiger partial charge in [-0.25, -0.2) is 14.5 Å². The standard InChI is InChI=1S/C30H38N5O8P/c1-5-6-16-40-28(37)18(2)34-44(39,43-23-13-9-11-20-10-7-8-12-21(20)23)42-19(3)24-25(36)30(4,38)29(41-24)35-15-14-22-26(31)32-17-33-27(22)35/h7-15,17-19,24-25,29,36,38H,5-6,16H2,1-4H3,(H,34,39)(H2,31,32,33). The molecule has 4 aromatic rings. The van der Waals surface area contributed by atoms with Crippen molar-refractivity contribution >= 4 is 41.3 Å². The number of benzene rings is 2. The maximum Gasteiger partial charge on any atom is 0.459 e. The molecule has 14 heteroatoms. The van der Waals surface area contributed by atoms with Gasteiger partial charge in [-0.1, -0.05) is 49.7 Å². The van der Waals surface area contributed by atoms with Gasteiger partial charge < -0.3 is 34.5 Å². The highest BCUT2D eigenvalue weighted by molar-refractivity contribution is 7.52. The largest absolute Gasteiger partial charge is 0.465 e. The number of nitrogen functional groups attached to an aromatic ring is 1. The summed E-state index contributed by atoms with van der Waals surface area (Å²) in [4.78, 5) is 21.0. The predicted molar refractivity (Wildman–Crippen MR) is 164 cm³/mol. The van der Waals surface area contributed by atoms with E-state index in [2.05, 4.69) is 15.1 Å². The topological polar surface area (TPSA) is 180 Å². The molecule has 0 aliphatic carbocycles. The van der Waals surface area contributed by atoms with Gasteiger partial charge in [0, 0.05) is 11.6 Å². The smallest absolute Gasteiger partial charge is 0.459 e. The molecule has 236 valence electrons. The highest BCUT2D eigenvalue weighted by atomic mass is 31.2. The monoisotopic (exact) mass is 627 g/mol. The Morgan fingerprint density at radius 2 is 1.93 bits per heavy atom. The summed E-state index contributed by atoms with van der Waals surface area (Å²) in [6, 6.07) is 13.3. The van der Waals surface area contributed by atoms with E-state index >= 15 is 0 Å². The van der Waals surface area contributed by atoms with Crippen LogP contribution >= 0.6 is 7.75 Å². The quantitative estimate of drug-likeness (QED) is 0.101. The number of fused-ring (bicyclic) bond motifs is 2. The Bertz CT molecular complexity index is 1670. The fourth-order valence-electron chi connectivity index (χ4n) is 5.23. The molecule has 0 saturated carbocycles. The third-order valence-electron chi connectivity index (χ3n) is 7.67. The second kappa shape index (κ2) is 12.8. The molecule has 44 heavy (non-hydrogen) atoms. The van der Waals surface area contributed by atoms with Crippen LogP contribution in [0.4, 0.5) is 5.82 Å². The van der Waals surface area contributed by atoms with E-state index in [9.17, 15) is 19.6 Å². The third-order valence-corrected chi connectivity index (χ3v) is 9.42. The van der Waals surface area contributed by atoms with Gasteiger partial charge in [-0.05, 0) is 44.7 Å². The van der Waals surface area contributed by atoms with E-state index in [0.717, 1.165) is 11.8 Å². The number of rotatable bonds is 12. The van der Waals surface area contributed by atoms with Crippen molar-refractivity contribution in [3.05, 3.63) is 61.1 Å². The summed E-state index contributed by atoms with van der Waals surface area (Å²) in [5, 5.41) is 27.4. The maximum atomic E-state index is 14.4. The fourth-order valence-corrected chi connectivity index (χ4v) is 6.94. The number of ether oxygens (including phenoxy) is 2. The zero-order valence-electron chi connectivity index (χ0n) is 25.0. The molecule has 3 heterocycles. The van der Waals surface area contributed by atoms with Gasteiger partial charge in [0.15, 0.2) is 6.23 Å². The van der Waals surface area contributed by atoms with Crippen LogP contribution in [-0.4, -0.2) is 67.3 Å². The average molecular weight is 628 g/mol. The number of nitrogens with one attached hydrogen (secondary N) is 1. The first-order chi connectivity index (χ1) is 20.9. The molecule has 5 rings (SSSR count). The summed E-state index contributed by atoms with van der Waals surface area (Å²) in [5.74, 6) is -0.121. The van der Waals surface area contributed by atoms with E-state index in [-0.39, 0.29) is 18.2 Å². The van der Waals surface area contributed by atoms with Crippen LogP contribution in [0, 0.1) is 0 Å². The molecule has 1 fully saturated rings. The Kier molecular flexibility index (Phi) is 9.26. The molecule has 7 atom stereocenters. The second-order valence-corrected chi connectivity index (χ2v) is 12.7. The first-order valence-corrected chi connectivity index (χ1v) is 16.0. The molecule has 13 nitrogen and oxygen atoms in total. The number of carbonyl (C=O) groups is 1. The minimum Gasteiger partial charge on any atom is -0.465 e. The first-order valence-electron chi connectivity index (χ1n) is 14.5. The van der Waals surface area contributed by atoms with Gasteiger partial charge in [0.1, 0.15) is 47.4 Å². The van der Waals surface area contributed by atoms with Crippen LogP contribution in [0.25, 0.3) is 21.8 Å². The van der Waals surface area contributed by atoms with Crippen molar-refractivity contribution < 1.29 is 38.1 Å². The molecule has 7 unspecified atom stereocenters. The summed E-state index contributed by atoms with van der Waals surface area (Å²) in [5.41, 5.74) is 4.55. The van der Waals surface area contributed by atoms with Crippen molar-refractivity contribution in [2.75, 3.05) is 12.3 Å². The number of nitrogens with zero attached hydrogens (tertiary/aromatic N) is 3. The summed E-state index contributed by atoms with van der Waals surface area (Å²) in [7, 11) is -4.36. The molecule has 0 bridgehead atoms. The van der Waals surface area contributed by atoms with Gasteiger partial charge >= 0.3 is 13.7 Å². The lowest BCUT2D eigenvalue weighted by Crippen LogP contribution is -2.46. The van der Waals surface area contributed by atoms with Crippen LogP contribution in [0.1, 0.15) is 46.8 Å². The molecule has 5 N–H and O–H groups in total. The Balaban J connectivity index is 1.42. The van der Waals surface area contributed by atoms with E-state index < -0.39 is 49.9 Å². The lowest BCUT2D eigenvalue weighted by Gasteiger charge is -2.30. The number of nitrogens with two attached hydrogens (primary N) is 1. The third kappa shape index (κ3) is 6.30. The number of hydrogen-bond acceptors (Lipinski definition) is 11. The van der Waals surface area contributed by atoms with Crippen molar-refractivity contribution in [3.8, 4) is 5.75 Å². The summed E-state index contributed by atoms with van der Waals surface area (Å²) < 4.78 is 39.5. The van der Waals surface area contributed by atoms with Gasteiger partial charge in [0.05, 0.1) is 18.1 Å². The molecule has 0 radical (unpaired) electrons. The van der Waals surface area contributed by atoms with Crippen molar-refractivity contribution in [3.63, 3.8) is 0 Å². The summed E-state index contributed by atoms with van der Waals surface area (Å²) in [6.45, 7) is 6.64. The zero-order chi connectivity index (χ0) is 31.6. The zero-order valence-corrected chi connectivity index (χ0v) is 25.9.